The van der Waals surface area contributed by atoms with E-state index in [1.54, 1.807) is 6.20 Å². The Kier molecular flexibility index (Phi) is 4.27. The first-order valence-corrected chi connectivity index (χ1v) is 8.46. The smallest absolute Gasteiger partial charge is 0.140 e. The van der Waals surface area contributed by atoms with E-state index >= 15 is 0 Å². The van der Waals surface area contributed by atoms with Gasteiger partial charge in [-0.25, -0.2) is 14.4 Å². The molecule has 1 saturated heterocycles. The first-order valence-electron chi connectivity index (χ1n) is 8.46. The number of hydrogen-bond acceptors (Lipinski definition) is 4. The number of hydrogen-bond donors (Lipinski definition) is 0. The molecule has 6 nitrogen and oxygen atoms in total. The predicted molar refractivity (Wildman–Crippen MR) is 92.7 cm³/mol. The number of benzene rings is 1. The fourth-order valence-corrected chi connectivity index (χ4v) is 3.35. The van der Waals surface area contributed by atoms with Crippen molar-refractivity contribution in [2.24, 2.45) is 14.1 Å². The molecule has 0 unspecified atom stereocenters. The minimum absolute atomic E-state index is 0.312. The van der Waals surface area contributed by atoms with Crippen LogP contribution in [0.3, 0.4) is 0 Å². The maximum atomic E-state index is 14.4. The van der Waals surface area contributed by atoms with E-state index < -0.39 is 12.3 Å². The number of likely N-dealkylation sites (tertiary alicyclic amines) is 1. The van der Waals surface area contributed by atoms with Gasteiger partial charge < -0.3 is 13.9 Å². The number of halogens is 1. The van der Waals surface area contributed by atoms with Crippen molar-refractivity contribution in [1.29, 1.82) is 0 Å². The van der Waals surface area contributed by atoms with Gasteiger partial charge in [-0.2, -0.15) is 0 Å². The van der Waals surface area contributed by atoms with Gasteiger partial charge in [0.25, 0.3) is 0 Å². The van der Waals surface area contributed by atoms with Crippen LogP contribution in [-0.4, -0.2) is 49.4 Å². The van der Waals surface area contributed by atoms with E-state index in [4.69, 9.17) is 4.74 Å². The van der Waals surface area contributed by atoms with E-state index in [0.29, 0.717) is 26.2 Å². The fourth-order valence-electron chi connectivity index (χ4n) is 3.35. The molecule has 1 aromatic carbocycles. The lowest BCUT2D eigenvalue weighted by atomic mass is 10.3. The predicted octanol–water partition coefficient (Wildman–Crippen LogP) is 2.05. The average Bonchev–Trinajstić information content (AvgIpc) is 3.26. The van der Waals surface area contributed by atoms with Crippen molar-refractivity contribution in [3.63, 3.8) is 0 Å². The molecule has 0 N–H and O–H groups in total. The standard InChI is InChI=1S/C18H22FN5O/c1-22-8-7-20-17(22)11-24-9-13(19)16(10-24)25-12-18-21-14-5-3-4-6-15(14)23(18)2/h3-8,13,16H,9-12H2,1-2H3/t13-,16+/m1/s1. The molecule has 2 atom stereocenters. The van der Waals surface area contributed by atoms with E-state index in [1.807, 2.05) is 58.6 Å². The fraction of sp³-hybridized carbons (Fsp3) is 0.444. The summed E-state index contributed by atoms with van der Waals surface area (Å²) in [4.78, 5) is 10.9. The van der Waals surface area contributed by atoms with Gasteiger partial charge in [-0.05, 0) is 12.1 Å². The SMILES string of the molecule is Cn1ccnc1CN1C[C@@H](F)[C@@H](OCc2nc3ccccc3n2C)C1. The minimum atomic E-state index is -0.991. The van der Waals surface area contributed by atoms with E-state index in [-0.39, 0.29) is 0 Å². The Balaban J connectivity index is 1.39. The number of aryl methyl sites for hydroxylation is 2. The highest BCUT2D eigenvalue weighted by Crippen LogP contribution is 2.21. The molecule has 3 heterocycles. The summed E-state index contributed by atoms with van der Waals surface area (Å²) in [7, 11) is 3.91. The molecule has 132 valence electrons. The van der Waals surface area contributed by atoms with Crippen LogP contribution in [0.2, 0.25) is 0 Å². The van der Waals surface area contributed by atoms with Gasteiger partial charge in [0.15, 0.2) is 0 Å². The Morgan fingerprint density at radius 2 is 2.04 bits per heavy atom. The first-order chi connectivity index (χ1) is 12.1. The van der Waals surface area contributed by atoms with Crippen LogP contribution in [0.25, 0.3) is 11.0 Å². The molecule has 7 heteroatoms. The van der Waals surface area contributed by atoms with Gasteiger partial charge in [0.1, 0.15) is 30.5 Å². The maximum Gasteiger partial charge on any atom is 0.140 e. The highest BCUT2D eigenvalue weighted by Gasteiger charge is 2.34. The lowest BCUT2D eigenvalue weighted by Crippen LogP contribution is -2.25. The zero-order valence-electron chi connectivity index (χ0n) is 14.5. The van der Waals surface area contributed by atoms with Crippen molar-refractivity contribution in [3.05, 3.63) is 48.3 Å². The number of aromatic nitrogens is 4. The summed E-state index contributed by atoms with van der Waals surface area (Å²) < 4.78 is 24.2. The highest BCUT2D eigenvalue weighted by atomic mass is 19.1. The topological polar surface area (TPSA) is 48.1 Å². The Labute approximate surface area is 145 Å². The number of nitrogens with zero attached hydrogens (tertiary/aromatic N) is 5. The van der Waals surface area contributed by atoms with Crippen molar-refractivity contribution >= 4 is 11.0 Å². The Morgan fingerprint density at radius 3 is 2.80 bits per heavy atom. The summed E-state index contributed by atoms with van der Waals surface area (Å²) in [6.07, 6.45) is 2.24. The molecule has 1 fully saturated rings. The summed E-state index contributed by atoms with van der Waals surface area (Å²) in [5, 5.41) is 0. The van der Waals surface area contributed by atoms with Crippen molar-refractivity contribution in [1.82, 2.24) is 24.0 Å². The summed E-state index contributed by atoms with van der Waals surface area (Å²) in [6.45, 7) is 1.89. The summed E-state index contributed by atoms with van der Waals surface area (Å²) in [6, 6.07) is 7.94. The number of alkyl halides is 1. The van der Waals surface area contributed by atoms with Crippen LogP contribution in [0, 0.1) is 0 Å². The van der Waals surface area contributed by atoms with E-state index in [1.165, 1.54) is 0 Å². The zero-order chi connectivity index (χ0) is 17.4. The monoisotopic (exact) mass is 343 g/mol. The highest BCUT2D eigenvalue weighted by molar-refractivity contribution is 5.75. The molecule has 0 saturated carbocycles. The zero-order valence-corrected chi connectivity index (χ0v) is 14.5. The van der Waals surface area contributed by atoms with E-state index in [2.05, 4.69) is 9.97 Å². The van der Waals surface area contributed by atoms with Crippen LogP contribution in [-0.2, 0) is 32.0 Å². The van der Waals surface area contributed by atoms with Crippen molar-refractivity contribution < 1.29 is 9.13 Å². The molecule has 4 rings (SSSR count). The molecule has 1 aliphatic rings. The summed E-state index contributed by atoms with van der Waals surface area (Å²) in [5.41, 5.74) is 1.99. The van der Waals surface area contributed by atoms with Gasteiger partial charge in [0, 0.05) is 39.6 Å². The molecule has 0 spiro atoms. The maximum absolute atomic E-state index is 14.4. The van der Waals surface area contributed by atoms with Gasteiger partial charge >= 0.3 is 0 Å². The molecular formula is C18H22FN5O. The average molecular weight is 343 g/mol. The molecule has 0 amide bonds. The molecular weight excluding hydrogens is 321 g/mol. The second kappa shape index (κ2) is 6.57. The van der Waals surface area contributed by atoms with Gasteiger partial charge in [-0.15, -0.1) is 0 Å². The number of ether oxygens (including phenoxy) is 1. The quantitative estimate of drug-likeness (QED) is 0.711. The van der Waals surface area contributed by atoms with E-state index in [9.17, 15) is 4.39 Å². The second-order valence-electron chi connectivity index (χ2n) is 6.59. The summed E-state index contributed by atoms with van der Waals surface area (Å²) in [5.74, 6) is 1.75. The Bertz CT molecular complexity index is 873. The molecule has 3 aromatic rings. The van der Waals surface area contributed by atoms with Gasteiger partial charge in [0.05, 0.1) is 17.6 Å². The number of para-hydroxylation sites is 2. The summed E-state index contributed by atoms with van der Waals surface area (Å²) >= 11 is 0. The van der Waals surface area contributed by atoms with Crippen molar-refractivity contribution in [2.45, 2.75) is 25.4 Å². The van der Waals surface area contributed by atoms with Gasteiger partial charge in [-0.3, -0.25) is 4.90 Å². The molecule has 25 heavy (non-hydrogen) atoms. The van der Waals surface area contributed by atoms with Gasteiger partial charge in [0.2, 0.25) is 0 Å². The van der Waals surface area contributed by atoms with Crippen molar-refractivity contribution in [2.75, 3.05) is 13.1 Å². The van der Waals surface area contributed by atoms with Crippen LogP contribution in [0.5, 0.6) is 0 Å². The third-order valence-electron chi connectivity index (χ3n) is 4.87. The molecule has 0 aliphatic carbocycles. The third-order valence-corrected chi connectivity index (χ3v) is 4.87. The third kappa shape index (κ3) is 3.17. The molecule has 1 aliphatic heterocycles. The van der Waals surface area contributed by atoms with Crippen LogP contribution in [0.1, 0.15) is 11.6 Å². The Hall–Kier alpha value is -2.25. The van der Waals surface area contributed by atoms with Crippen LogP contribution in [0.15, 0.2) is 36.7 Å². The lowest BCUT2D eigenvalue weighted by Gasteiger charge is -2.15. The van der Waals surface area contributed by atoms with Crippen LogP contribution in [0.4, 0.5) is 4.39 Å². The lowest BCUT2D eigenvalue weighted by molar-refractivity contribution is 0.00743. The number of fused-ring (bicyclic) bond motifs is 1. The van der Waals surface area contributed by atoms with Gasteiger partial charge in [-0.1, -0.05) is 12.1 Å². The van der Waals surface area contributed by atoms with E-state index in [0.717, 1.165) is 22.7 Å². The molecule has 2 aromatic heterocycles. The van der Waals surface area contributed by atoms with Crippen LogP contribution >= 0.6 is 0 Å². The van der Waals surface area contributed by atoms with Crippen molar-refractivity contribution in [3.8, 4) is 0 Å². The minimum Gasteiger partial charge on any atom is -0.366 e. The largest absolute Gasteiger partial charge is 0.366 e. The molecule has 0 radical (unpaired) electrons. The number of imidazole rings is 2. The first kappa shape index (κ1) is 16.2. The Morgan fingerprint density at radius 1 is 1.20 bits per heavy atom. The normalized spacial score (nSPS) is 21.4. The number of rotatable bonds is 5. The molecule has 0 bridgehead atoms. The van der Waals surface area contributed by atoms with Crippen LogP contribution < -0.4 is 0 Å². The second-order valence-corrected chi connectivity index (χ2v) is 6.59.